The van der Waals surface area contributed by atoms with Crippen LogP contribution in [-0.4, -0.2) is 27.8 Å². The van der Waals surface area contributed by atoms with Gasteiger partial charge in [0.2, 0.25) is 0 Å². The summed E-state index contributed by atoms with van der Waals surface area (Å²) in [5, 5.41) is 21.7. The van der Waals surface area contributed by atoms with Crippen LogP contribution in [0.2, 0.25) is 0 Å². The standard InChI is InChI=1S/C14H18FNO3/c1-14(19)6-4-9(5-7-14)16-13(18)11-3-2-10(17)8-12(11)15/h2-3,8-9,17,19H,4-7H2,1H3,(H,16,18). The minimum Gasteiger partial charge on any atom is -0.508 e. The van der Waals surface area contributed by atoms with Gasteiger partial charge < -0.3 is 15.5 Å². The Hall–Kier alpha value is -1.62. The minimum atomic E-state index is -0.736. The Morgan fingerprint density at radius 1 is 1.42 bits per heavy atom. The lowest BCUT2D eigenvalue weighted by molar-refractivity contribution is 0.0140. The average Bonchev–Trinajstić information content (AvgIpc) is 2.31. The molecule has 0 unspecified atom stereocenters. The molecule has 1 saturated carbocycles. The Kier molecular flexibility index (Phi) is 3.75. The molecule has 0 radical (unpaired) electrons. The summed E-state index contributed by atoms with van der Waals surface area (Å²) in [5.41, 5.74) is -0.736. The van der Waals surface area contributed by atoms with Crippen molar-refractivity contribution in [2.75, 3.05) is 0 Å². The van der Waals surface area contributed by atoms with Crippen molar-refractivity contribution in [3.8, 4) is 5.75 Å². The molecular formula is C14H18FNO3. The van der Waals surface area contributed by atoms with Crippen LogP contribution in [0.1, 0.15) is 43.0 Å². The van der Waals surface area contributed by atoms with Crippen molar-refractivity contribution in [3.05, 3.63) is 29.6 Å². The van der Waals surface area contributed by atoms with Crippen molar-refractivity contribution in [2.24, 2.45) is 0 Å². The van der Waals surface area contributed by atoms with Gasteiger partial charge in [-0.1, -0.05) is 0 Å². The number of phenols is 1. The fourth-order valence-electron chi connectivity index (χ4n) is 2.34. The quantitative estimate of drug-likeness (QED) is 0.767. The summed E-state index contributed by atoms with van der Waals surface area (Å²) < 4.78 is 13.5. The second-order valence-corrected chi connectivity index (χ2v) is 5.41. The molecule has 5 heteroatoms. The molecule has 0 spiro atoms. The summed E-state index contributed by atoms with van der Waals surface area (Å²) in [6.45, 7) is 1.78. The number of halogens is 1. The molecule has 1 fully saturated rings. The van der Waals surface area contributed by atoms with Gasteiger partial charge in [-0.05, 0) is 44.7 Å². The molecule has 1 aromatic rings. The Balaban J connectivity index is 1.98. The zero-order valence-electron chi connectivity index (χ0n) is 10.8. The van der Waals surface area contributed by atoms with Gasteiger partial charge in [0.05, 0.1) is 11.2 Å². The first-order valence-electron chi connectivity index (χ1n) is 6.39. The first-order chi connectivity index (χ1) is 8.87. The van der Waals surface area contributed by atoms with Crippen molar-refractivity contribution in [1.82, 2.24) is 5.32 Å². The van der Waals surface area contributed by atoms with E-state index in [0.717, 1.165) is 6.07 Å². The SMILES string of the molecule is CC1(O)CCC(NC(=O)c2ccc(O)cc2F)CC1. The molecule has 1 aromatic carbocycles. The summed E-state index contributed by atoms with van der Waals surface area (Å²) in [7, 11) is 0. The molecule has 104 valence electrons. The molecule has 1 aliphatic carbocycles. The topological polar surface area (TPSA) is 69.6 Å². The molecule has 4 nitrogen and oxygen atoms in total. The van der Waals surface area contributed by atoms with E-state index in [9.17, 15) is 14.3 Å². The monoisotopic (exact) mass is 267 g/mol. The van der Waals surface area contributed by atoms with Gasteiger partial charge in [-0.2, -0.15) is 0 Å². The third-order valence-electron chi connectivity index (χ3n) is 3.60. The summed E-state index contributed by atoms with van der Waals surface area (Å²) >= 11 is 0. The van der Waals surface area contributed by atoms with Crippen molar-refractivity contribution < 1.29 is 19.4 Å². The maximum atomic E-state index is 13.5. The van der Waals surface area contributed by atoms with Crippen molar-refractivity contribution in [1.29, 1.82) is 0 Å². The number of phenolic OH excluding ortho intramolecular Hbond substituents is 1. The molecule has 0 atom stereocenters. The highest BCUT2D eigenvalue weighted by atomic mass is 19.1. The Morgan fingerprint density at radius 3 is 2.63 bits per heavy atom. The highest BCUT2D eigenvalue weighted by molar-refractivity contribution is 5.94. The van der Waals surface area contributed by atoms with Gasteiger partial charge in [-0.3, -0.25) is 4.79 Å². The number of hydrogen-bond acceptors (Lipinski definition) is 3. The normalized spacial score (nSPS) is 27.0. The maximum Gasteiger partial charge on any atom is 0.254 e. The largest absolute Gasteiger partial charge is 0.508 e. The van der Waals surface area contributed by atoms with E-state index < -0.39 is 17.3 Å². The molecule has 0 aromatic heterocycles. The first kappa shape index (κ1) is 13.8. The number of amides is 1. The van der Waals surface area contributed by atoms with Crippen LogP contribution in [0.25, 0.3) is 0 Å². The fourth-order valence-corrected chi connectivity index (χ4v) is 2.34. The third-order valence-corrected chi connectivity index (χ3v) is 3.60. The molecule has 0 aliphatic heterocycles. The number of hydrogen-bond donors (Lipinski definition) is 3. The number of carbonyl (C=O) groups excluding carboxylic acids is 1. The molecule has 0 heterocycles. The van der Waals surface area contributed by atoms with E-state index in [0.29, 0.717) is 25.7 Å². The van der Waals surface area contributed by atoms with Gasteiger partial charge in [0.25, 0.3) is 5.91 Å². The third kappa shape index (κ3) is 3.44. The van der Waals surface area contributed by atoms with Crippen LogP contribution in [0.3, 0.4) is 0 Å². The smallest absolute Gasteiger partial charge is 0.254 e. The van der Waals surface area contributed by atoms with Crippen molar-refractivity contribution >= 4 is 5.91 Å². The van der Waals surface area contributed by atoms with E-state index in [4.69, 9.17) is 5.11 Å². The molecule has 2 rings (SSSR count). The van der Waals surface area contributed by atoms with E-state index in [-0.39, 0.29) is 17.4 Å². The second kappa shape index (κ2) is 5.17. The van der Waals surface area contributed by atoms with Crippen LogP contribution in [0, 0.1) is 5.82 Å². The molecule has 0 saturated heterocycles. The van der Waals surface area contributed by atoms with Crippen molar-refractivity contribution in [2.45, 2.75) is 44.2 Å². The van der Waals surface area contributed by atoms with Crippen LogP contribution in [0.15, 0.2) is 18.2 Å². The Labute approximate surface area is 111 Å². The van der Waals surface area contributed by atoms with E-state index in [1.165, 1.54) is 12.1 Å². The lowest BCUT2D eigenvalue weighted by atomic mass is 9.83. The van der Waals surface area contributed by atoms with E-state index in [1.807, 2.05) is 0 Å². The number of benzene rings is 1. The van der Waals surface area contributed by atoms with E-state index in [1.54, 1.807) is 6.92 Å². The van der Waals surface area contributed by atoms with Crippen LogP contribution < -0.4 is 5.32 Å². The highest BCUT2D eigenvalue weighted by Crippen LogP contribution is 2.27. The number of rotatable bonds is 2. The number of carbonyl (C=O) groups is 1. The molecular weight excluding hydrogens is 249 g/mol. The van der Waals surface area contributed by atoms with Crippen molar-refractivity contribution in [3.63, 3.8) is 0 Å². The van der Waals surface area contributed by atoms with Crippen LogP contribution in [-0.2, 0) is 0 Å². The number of nitrogens with one attached hydrogen (secondary N) is 1. The van der Waals surface area contributed by atoms with Gasteiger partial charge in [-0.15, -0.1) is 0 Å². The zero-order chi connectivity index (χ0) is 14.0. The van der Waals surface area contributed by atoms with Gasteiger partial charge >= 0.3 is 0 Å². The van der Waals surface area contributed by atoms with Crippen LogP contribution >= 0.6 is 0 Å². The highest BCUT2D eigenvalue weighted by Gasteiger charge is 2.29. The summed E-state index contributed by atoms with van der Waals surface area (Å²) in [5.74, 6) is -1.42. The predicted octanol–water partition coefficient (Wildman–Crippen LogP) is 1.95. The number of aliphatic hydroxyl groups is 1. The lowest BCUT2D eigenvalue weighted by Crippen LogP contribution is -2.42. The molecule has 19 heavy (non-hydrogen) atoms. The summed E-state index contributed by atoms with van der Waals surface area (Å²) in [4.78, 5) is 11.9. The average molecular weight is 267 g/mol. The number of aromatic hydroxyl groups is 1. The minimum absolute atomic E-state index is 0.0408. The van der Waals surface area contributed by atoms with Gasteiger partial charge in [0.1, 0.15) is 11.6 Å². The van der Waals surface area contributed by atoms with Gasteiger partial charge in [-0.25, -0.2) is 4.39 Å². The predicted molar refractivity (Wildman–Crippen MR) is 68.4 cm³/mol. The molecule has 3 N–H and O–H groups in total. The fraction of sp³-hybridized carbons (Fsp3) is 0.500. The lowest BCUT2D eigenvalue weighted by Gasteiger charge is -2.33. The zero-order valence-corrected chi connectivity index (χ0v) is 10.8. The van der Waals surface area contributed by atoms with Crippen LogP contribution in [0.5, 0.6) is 5.75 Å². The second-order valence-electron chi connectivity index (χ2n) is 5.41. The Morgan fingerprint density at radius 2 is 2.05 bits per heavy atom. The maximum absolute atomic E-state index is 13.5. The Bertz CT molecular complexity index is 478. The molecule has 0 bridgehead atoms. The van der Waals surface area contributed by atoms with Gasteiger partial charge in [0.15, 0.2) is 0 Å². The van der Waals surface area contributed by atoms with E-state index >= 15 is 0 Å². The van der Waals surface area contributed by atoms with Crippen LogP contribution in [0.4, 0.5) is 4.39 Å². The summed E-state index contributed by atoms with van der Waals surface area (Å²) in [6.07, 6.45) is 2.60. The summed E-state index contributed by atoms with van der Waals surface area (Å²) in [6, 6.07) is 3.42. The molecule has 1 aliphatic rings. The first-order valence-corrected chi connectivity index (χ1v) is 6.39. The molecule has 1 amide bonds. The van der Waals surface area contributed by atoms with E-state index in [2.05, 4.69) is 5.32 Å². The van der Waals surface area contributed by atoms with Gasteiger partial charge in [0, 0.05) is 12.1 Å².